The first-order valence-electron chi connectivity index (χ1n) is 7.35. The first-order valence-corrected chi connectivity index (χ1v) is 7.35. The highest BCUT2D eigenvalue weighted by Crippen LogP contribution is 2.30. The van der Waals surface area contributed by atoms with Gasteiger partial charge in [0.15, 0.2) is 0 Å². The molecule has 0 amide bonds. The van der Waals surface area contributed by atoms with E-state index in [1.54, 1.807) is 0 Å². The summed E-state index contributed by atoms with van der Waals surface area (Å²) in [5, 5.41) is 0. The standard InChI is InChI=1S/C16H26N2/c1-3-12-18(4-2)15-11-7-9-13-8-5-6-10-14(13)16(15)17/h5-6,8,10,15-16H,3-4,7,9,11-12,17H2,1-2H3. The molecule has 100 valence electrons. The second-order valence-electron chi connectivity index (χ2n) is 5.31. The van der Waals surface area contributed by atoms with Crippen molar-refractivity contribution >= 4 is 0 Å². The molecule has 0 aliphatic heterocycles. The van der Waals surface area contributed by atoms with Crippen LogP contribution in [0.4, 0.5) is 0 Å². The van der Waals surface area contributed by atoms with Gasteiger partial charge in [-0.3, -0.25) is 4.90 Å². The van der Waals surface area contributed by atoms with Crippen LogP contribution < -0.4 is 5.73 Å². The first-order chi connectivity index (χ1) is 8.77. The topological polar surface area (TPSA) is 29.3 Å². The zero-order chi connectivity index (χ0) is 13.0. The van der Waals surface area contributed by atoms with Crippen molar-refractivity contribution in [2.24, 2.45) is 5.73 Å². The third-order valence-electron chi connectivity index (χ3n) is 4.16. The Labute approximate surface area is 111 Å². The number of hydrogen-bond donors (Lipinski definition) is 1. The fraction of sp³-hybridized carbons (Fsp3) is 0.625. The molecule has 1 aliphatic carbocycles. The van der Waals surface area contributed by atoms with Gasteiger partial charge in [-0.15, -0.1) is 0 Å². The predicted molar refractivity (Wildman–Crippen MR) is 77.6 cm³/mol. The van der Waals surface area contributed by atoms with Crippen molar-refractivity contribution in [3.63, 3.8) is 0 Å². The lowest BCUT2D eigenvalue weighted by molar-refractivity contribution is 0.170. The fourth-order valence-electron chi connectivity index (χ4n) is 3.23. The second kappa shape index (κ2) is 6.35. The Kier molecular flexibility index (Phi) is 4.79. The summed E-state index contributed by atoms with van der Waals surface area (Å²) in [5.74, 6) is 0. The highest BCUT2D eigenvalue weighted by atomic mass is 15.2. The van der Waals surface area contributed by atoms with Gasteiger partial charge in [-0.1, -0.05) is 38.1 Å². The monoisotopic (exact) mass is 246 g/mol. The van der Waals surface area contributed by atoms with Gasteiger partial charge in [0.25, 0.3) is 0 Å². The summed E-state index contributed by atoms with van der Waals surface area (Å²) in [7, 11) is 0. The summed E-state index contributed by atoms with van der Waals surface area (Å²) < 4.78 is 0. The lowest BCUT2D eigenvalue weighted by atomic mass is 9.96. The maximum Gasteiger partial charge on any atom is 0.0455 e. The van der Waals surface area contributed by atoms with Crippen LogP contribution in [-0.4, -0.2) is 24.0 Å². The van der Waals surface area contributed by atoms with Gasteiger partial charge in [-0.25, -0.2) is 0 Å². The van der Waals surface area contributed by atoms with Crippen LogP contribution >= 0.6 is 0 Å². The van der Waals surface area contributed by atoms with E-state index in [0.29, 0.717) is 6.04 Å². The molecule has 0 saturated heterocycles. The minimum Gasteiger partial charge on any atom is -0.323 e. The number of likely N-dealkylation sites (N-methyl/N-ethyl adjacent to an activating group) is 1. The van der Waals surface area contributed by atoms with Gasteiger partial charge in [-0.2, -0.15) is 0 Å². The van der Waals surface area contributed by atoms with Crippen molar-refractivity contribution in [3.05, 3.63) is 35.4 Å². The van der Waals surface area contributed by atoms with Gasteiger partial charge >= 0.3 is 0 Å². The third-order valence-corrected chi connectivity index (χ3v) is 4.16. The molecular weight excluding hydrogens is 220 g/mol. The van der Waals surface area contributed by atoms with Gasteiger partial charge in [0, 0.05) is 12.1 Å². The van der Waals surface area contributed by atoms with E-state index in [1.807, 2.05) is 0 Å². The van der Waals surface area contributed by atoms with Gasteiger partial charge in [0.1, 0.15) is 0 Å². The van der Waals surface area contributed by atoms with Crippen LogP contribution in [0.3, 0.4) is 0 Å². The van der Waals surface area contributed by atoms with E-state index in [0.717, 1.165) is 13.1 Å². The Morgan fingerprint density at radius 3 is 2.78 bits per heavy atom. The molecule has 1 aliphatic rings. The Morgan fingerprint density at radius 2 is 2.06 bits per heavy atom. The number of benzene rings is 1. The Bertz CT molecular complexity index is 375. The van der Waals surface area contributed by atoms with Crippen LogP contribution in [0.1, 0.15) is 50.3 Å². The van der Waals surface area contributed by atoms with E-state index in [4.69, 9.17) is 5.73 Å². The zero-order valence-electron chi connectivity index (χ0n) is 11.7. The molecule has 2 unspecified atom stereocenters. The zero-order valence-corrected chi connectivity index (χ0v) is 11.7. The minimum absolute atomic E-state index is 0.176. The molecule has 2 atom stereocenters. The maximum atomic E-state index is 6.56. The molecule has 0 fully saturated rings. The summed E-state index contributed by atoms with van der Waals surface area (Å²) in [4.78, 5) is 2.56. The molecule has 0 bridgehead atoms. The highest BCUT2D eigenvalue weighted by molar-refractivity contribution is 5.32. The fourth-order valence-corrected chi connectivity index (χ4v) is 3.23. The van der Waals surface area contributed by atoms with Crippen LogP contribution in [-0.2, 0) is 6.42 Å². The van der Waals surface area contributed by atoms with E-state index in [2.05, 4.69) is 43.0 Å². The number of hydrogen-bond acceptors (Lipinski definition) is 2. The van der Waals surface area contributed by atoms with Crippen molar-refractivity contribution in [2.75, 3.05) is 13.1 Å². The summed E-state index contributed by atoms with van der Waals surface area (Å²) >= 11 is 0. The number of nitrogens with zero attached hydrogens (tertiary/aromatic N) is 1. The molecule has 1 aromatic rings. The maximum absolute atomic E-state index is 6.56. The average Bonchev–Trinajstić information content (AvgIpc) is 2.56. The molecule has 2 rings (SSSR count). The molecular formula is C16H26N2. The molecule has 18 heavy (non-hydrogen) atoms. The summed E-state index contributed by atoms with van der Waals surface area (Å²) in [5.41, 5.74) is 9.38. The highest BCUT2D eigenvalue weighted by Gasteiger charge is 2.28. The first kappa shape index (κ1) is 13.6. The number of nitrogens with two attached hydrogens (primary N) is 1. The van der Waals surface area contributed by atoms with Crippen LogP contribution in [0.2, 0.25) is 0 Å². The van der Waals surface area contributed by atoms with E-state index >= 15 is 0 Å². The van der Waals surface area contributed by atoms with Crippen molar-refractivity contribution < 1.29 is 0 Å². The predicted octanol–water partition coefficient (Wildman–Crippen LogP) is 3.12. The number of rotatable bonds is 4. The van der Waals surface area contributed by atoms with E-state index < -0.39 is 0 Å². The second-order valence-corrected chi connectivity index (χ2v) is 5.31. The van der Waals surface area contributed by atoms with E-state index in [9.17, 15) is 0 Å². The SMILES string of the molecule is CCCN(CC)C1CCCc2ccccc2C1N. The van der Waals surface area contributed by atoms with Gasteiger partial charge in [0.2, 0.25) is 0 Å². The van der Waals surface area contributed by atoms with Gasteiger partial charge < -0.3 is 5.73 Å². The van der Waals surface area contributed by atoms with Crippen LogP contribution in [0, 0.1) is 0 Å². The third kappa shape index (κ3) is 2.76. The molecule has 2 heteroatoms. The summed E-state index contributed by atoms with van der Waals surface area (Å²) in [6.07, 6.45) is 4.88. The smallest absolute Gasteiger partial charge is 0.0455 e. The van der Waals surface area contributed by atoms with Gasteiger partial charge in [-0.05, 0) is 49.9 Å². The molecule has 1 aromatic carbocycles. The number of aryl methyl sites for hydroxylation is 1. The Morgan fingerprint density at radius 1 is 1.28 bits per heavy atom. The number of fused-ring (bicyclic) bond motifs is 1. The Hall–Kier alpha value is -0.860. The largest absolute Gasteiger partial charge is 0.323 e. The molecule has 0 heterocycles. The average molecular weight is 246 g/mol. The van der Waals surface area contributed by atoms with Crippen molar-refractivity contribution in [1.82, 2.24) is 4.90 Å². The van der Waals surface area contributed by atoms with Crippen LogP contribution in [0.15, 0.2) is 24.3 Å². The molecule has 2 nitrogen and oxygen atoms in total. The Balaban J connectivity index is 2.23. The van der Waals surface area contributed by atoms with Crippen LogP contribution in [0.5, 0.6) is 0 Å². The van der Waals surface area contributed by atoms with Gasteiger partial charge in [0.05, 0.1) is 0 Å². The lowest BCUT2D eigenvalue weighted by Crippen LogP contribution is -2.42. The van der Waals surface area contributed by atoms with Crippen molar-refractivity contribution in [3.8, 4) is 0 Å². The normalized spacial score (nSPS) is 23.8. The molecule has 0 saturated carbocycles. The minimum atomic E-state index is 0.176. The molecule has 0 aromatic heterocycles. The molecule has 0 spiro atoms. The summed E-state index contributed by atoms with van der Waals surface area (Å²) in [6.45, 7) is 6.77. The van der Waals surface area contributed by atoms with E-state index in [-0.39, 0.29) is 6.04 Å². The van der Waals surface area contributed by atoms with Crippen LogP contribution in [0.25, 0.3) is 0 Å². The van der Waals surface area contributed by atoms with Crippen molar-refractivity contribution in [2.45, 2.75) is 51.6 Å². The summed E-state index contributed by atoms with van der Waals surface area (Å²) in [6, 6.07) is 9.41. The van der Waals surface area contributed by atoms with Crippen molar-refractivity contribution in [1.29, 1.82) is 0 Å². The molecule has 2 N–H and O–H groups in total. The van der Waals surface area contributed by atoms with E-state index in [1.165, 1.54) is 36.8 Å². The quantitative estimate of drug-likeness (QED) is 0.827. The molecule has 0 radical (unpaired) electrons. The lowest BCUT2D eigenvalue weighted by Gasteiger charge is -2.34.